The van der Waals surface area contributed by atoms with Crippen LogP contribution in [-0.2, 0) is 38.8 Å². The molecule has 9 rings (SSSR count). The van der Waals surface area contributed by atoms with E-state index >= 15 is 0 Å². The predicted molar refractivity (Wildman–Crippen MR) is 261 cm³/mol. The van der Waals surface area contributed by atoms with Crippen LogP contribution >= 0.6 is 0 Å². The SMILES string of the molecule is CC(COCC(C)OC(=O)CCC(=O)Oc1ccc2ccc3c(c2c1)N=CC1(O3)N(C)c2ccccc2C1(C)C)OC(=O)CCC(=O)Oc1ccc2ccc3c(c2c1)N=CC1(O3)N(C)CCC1(C)C. The van der Waals surface area contributed by atoms with E-state index in [1.807, 2.05) is 75.1 Å². The number of para-hydroxylation sites is 1. The maximum Gasteiger partial charge on any atom is 0.311 e. The third-order valence-electron chi connectivity index (χ3n) is 14.0. The Balaban J connectivity index is 0.684. The van der Waals surface area contributed by atoms with Gasteiger partial charge in [0.1, 0.15) is 46.6 Å². The second kappa shape index (κ2) is 18.2. The van der Waals surface area contributed by atoms with Crippen molar-refractivity contribution in [1.29, 1.82) is 0 Å². The predicted octanol–water partition coefficient (Wildman–Crippen LogP) is 9.32. The number of carbonyl (C=O) groups excluding carboxylic acids is 4. The Morgan fingerprint density at radius 3 is 1.62 bits per heavy atom. The molecule has 15 heteroatoms. The average molecular weight is 939 g/mol. The van der Waals surface area contributed by atoms with E-state index in [4.69, 9.17) is 43.1 Å². The number of carbonyl (C=O) groups is 4. The van der Waals surface area contributed by atoms with Gasteiger partial charge in [-0.05, 0) is 100.0 Å². The summed E-state index contributed by atoms with van der Waals surface area (Å²) in [5.41, 5.74) is 1.54. The highest BCUT2D eigenvalue weighted by molar-refractivity contribution is 6.01. The van der Waals surface area contributed by atoms with Gasteiger partial charge in [0, 0.05) is 35.5 Å². The highest BCUT2D eigenvalue weighted by atomic mass is 16.6. The summed E-state index contributed by atoms with van der Waals surface area (Å²) in [7, 11) is 4.05. The number of hydrogen-bond donors (Lipinski definition) is 0. The zero-order chi connectivity index (χ0) is 48.9. The molecular weight excluding hydrogens is 881 g/mol. The summed E-state index contributed by atoms with van der Waals surface area (Å²) in [6, 6.07) is 26.6. The average Bonchev–Trinajstić information content (AvgIpc) is 3.63. The highest BCUT2D eigenvalue weighted by Gasteiger charge is 2.59. The summed E-state index contributed by atoms with van der Waals surface area (Å²) >= 11 is 0. The number of ether oxygens (including phenoxy) is 7. The first-order valence-electron chi connectivity index (χ1n) is 23.4. The molecule has 4 aliphatic rings. The van der Waals surface area contributed by atoms with Crippen molar-refractivity contribution in [3.63, 3.8) is 0 Å². The van der Waals surface area contributed by atoms with E-state index in [-0.39, 0.29) is 44.3 Å². The Morgan fingerprint density at radius 2 is 1.12 bits per heavy atom. The highest BCUT2D eigenvalue weighted by Crippen LogP contribution is 2.55. The van der Waals surface area contributed by atoms with E-state index in [1.54, 1.807) is 38.1 Å². The van der Waals surface area contributed by atoms with Crippen LogP contribution in [0.25, 0.3) is 21.5 Å². The normalized spacial score (nSPS) is 21.2. The maximum absolute atomic E-state index is 12.9. The lowest BCUT2D eigenvalue weighted by atomic mass is 9.77. The molecule has 0 saturated carbocycles. The van der Waals surface area contributed by atoms with Gasteiger partial charge in [0.05, 0.1) is 56.7 Å². The molecular formula is C54H58N4O11. The van der Waals surface area contributed by atoms with Gasteiger partial charge in [0.2, 0.25) is 11.4 Å². The zero-order valence-electron chi connectivity index (χ0n) is 40.3. The molecule has 0 aliphatic carbocycles. The van der Waals surface area contributed by atoms with Crippen molar-refractivity contribution in [1.82, 2.24) is 4.90 Å². The molecule has 0 N–H and O–H groups in total. The van der Waals surface area contributed by atoms with Crippen molar-refractivity contribution < 1.29 is 52.3 Å². The summed E-state index contributed by atoms with van der Waals surface area (Å²) in [6.07, 6.45) is 2.67. The van der Waals surface area contributed by atoms with Crippen molar-refractivity contribution in [2.45, 2.75) is 103 Å². The molecule has 4 unspecified atom stereocenters. The zero-order valence-corrected chi connectivity index (χ0v) is 40.3. The minimum absolute atomic E-state index is 0.0299. The summed E-state index contributed by atoms with van der Waals surface area (Å²) in [6.45, 7) is 12.9. The topological polar surface area (TPSA) is 164 Å². The van der Waals surface area contributed by atoms with E-state index in [1.165, 1.54) is 5.56 Å². The minimum Gasteiger partial charge on any atom is -0.464 e. The van der Waals surface area contributed by atoms with Gasteiger partial charge in [-0.3, -0.25) is 34.1 Å². The molecule has 0 aromatic heterocycles. The smallest absolute Gasteiger partial charge is 0.311 e. The van der Waals surface area contributed by atoms with E-state index in [0.717, 1.165) is 40.2 Å². The number of esters is 4. The number of rotatable bonds is 14. The lowest BCUT2D eigenvalue weighted by Crippen LogP contribution is -2.61. The molecule has 15 nitrogen and oxygen atoms in total. The first-order chi connectivity index (χ1) is 32.9. The Kier molecular flexibility index (Phi) is 12.5. The Morgan fingerprint density at radius 1 is 0.638 bits per heavy atom. The van der Waals surface area contributed by atoms with Crippen LogP contribution in [-0.4, -0.2) is 98.7 Å². The van der Waals surface area contributed by atoms with Gasteiger partial charge >= 0.3 is 23.9 Å². The summed E-state index contributed by atoms with van der Waals surface area (Å²) in [5.74, 6) is -0.448. The molecule has 1 saturated heterocycles. The van der Waals surface area contributed by atoms with Crippen LogP contribution in [0.3, 0.4) is 0 Å². The van der Waals surface area contributed by atoms with E-state index in [2.05, 4.69) is 49.6 Å². The molecule has 4 heterocycles. The molecule has 0 amide bonds. The van der Waals surface area contributed by atoms with Gasteiger partial charge in [0.15, 0.2) is 0 Å². The standard InChI is InChI=1S/C54H58N4O11/c1-33(64-45(59)21-23-47(61)66-37-17-13-35-15-19-43-49(39(35)27-37)55-31-53(68-43)51(3,4)25-26-57(53)7)29-63-30-34(2)65-46(60)22-24-48(62)67-38-18-14-36-16-20-44-50(40(36)28-38)56-32-54(69-44)52(5,6)41-11-9-10-12-42(41)58(54)8/h9-20,27-28,31-34H,21-26,29-30H2,1-8H3. The fourth-order valence-corrected chi connectivity index (χ4v) is 9.91. The number of aliphatic imine (C=N–C) groups is 2. The fourth-order valence-electron chi connectivity index (χ4n) is 9.91. The summed E-state index contributed by atoms with van der Waals surface area (Å²) in [4.78, 5) is 65.0. The molecule has 360 valence electrons. The molecule has 69 heavy (non-hydrogen) atoms. The van der Waals surface area contributed by atoms with E-state index < -0.39 is 53.0 Å². The second-order valence-electron chi connectivity index (χ2n) is 19.5. The fraction of sp³-hybridized carbons (Fsp3) is 0.407. The van der Waals surface area contributed by atoms with Crippen molar-refractivity contribution in [3.05, 3.63) is 90.5 Å². The third kappa shape index (κ3) is 8.78. The van der Waals surface area contributed by atoms with Gasteiger partial charge < -0.3 is 38.1 Å². The molecule has 0 bridgehead atoms. The molecule has 4 atom stereocenters. The largest absolute Gasteiger partial charge is 0.464 e. The number of benzene rings is 5. The molecule has 1 fully saturated rings. The first-order valence-corrected chi connectivity index (χ1v) is 23.4. The van der Waals surface area contributed by atoms with Gasteiger partial charge in [-0.2, -0.15) is 0 Å². The minimum atomic E-state index is -0.834. The molecule has 0 radical (unpaired) electrons. The molecule has 5 aromatic rings. The van der Waals surface area contributed by atoms with Gasteiger partial charge in [0.25, 0.3) is 0 Å². The summed E-state index contributed by atoms with van der Waals surface area (Å²) < 4.78 is 41.2. The Bertz CT molecular complexity index is 2930. The molecule has 2 spiro atoms. The van der Waals surface area contributed by atoms with Crippen molar-refractivity contribution >= 4 is 74.9 Å². The van der Waals surface area contributed by atoms with Crippen molar-refractivity contribution in [2.24, 2.45) is 15.4 Å². The number of hydrogen-bond acceptors (Lipinski definition) is 15. The van der Waals surface area contributed by atoms with Gasteiger partial charge in [-0.15, -0.1) is 0 Å². The van der Waals surface area contributed by atoms with Gasteiger partial charge in [-0.1, -0.05) is 56.3 Å². The Labute approximate surface area is 401 Å². The van der Waals surface area contributed by atoms with Crippen LogP contribution in [0, 0.1) is 5.41 Å². The van der Waals surface area contributed by atoms with Crippen molar-refractivity contribution in [2.75, 3.05) is 38.8 Å². The number of fused-ring (bicyclic) bond motifs is 7. The Hall–Kier alpha value is -6.84. The monoisotopic (exact) mass is 938 g/mol. The van der Waals surface area contributed by atoms with Crippen LogP contribution in [0.4, 0.5) is 17.1 Å². The first kappa shape index (κ1) is 47.2. The molecule has 5 aromatic carbocycles. The van der Waals surface area contributed by atoms with Crippen LogP contribution in [0.2, 0.25) is 0 Å². The number of anilines is 1. The third-order valence-corrected chi connectivity index (χ3v) is 14.0. The van der Waals surface area contributed by atoms with Crippen LogP contribution in [0.15, 0.2) is 94.9 Å². The lowest BCUT2D eigenvalue weighted by Gasteiger charge is -2.45. The van der Waals surface area contributed by atoms with Gasteiger partial charge in [-0.25, -0.2) is 0 Å². The van der Waals surface area contributed by atoms with Crippen molar-refractivity contribution in [3.8, 4) is 23.0 Å². The summed E-state index contributed by atoms with van der Waals surface area (Å²) in [5, 5.41) is 3.36. The van der Waals surface area contributed by atoms with E-state index in [9.17, 15) is 19.2 Å². The second-order valence-corrected chi connectivity index (χ2v) is 19.5. The van der Waals surface area contributed by atoms with Crippen LogP contribution in [0.1, 0.15) is 79.2 Å². The number of likely N-dealkylation sites (N-methyl/N-ethyl adjacent to an activating group) is 1. The number of nitrogens with zero attached hydrogens (tertiary/aromatic N) is 4. The van der Waals surface area contributed by atoms with E-state index in [0.29, 0.717) is 34.4 Å². The van der Waals surface area contributed by atoms with Crippen LogP contribution < -0.4 is 23.8 Å². The quantitative estimate of drug-likeness (QED) is 0.0765. The molecule has 4 aliphatic heterocycles. The van der Waals surface area contributed by atoms with Crippen LogP contribution in [0.5, 0.6) is 23.0 Å². The number of likely N-dealkylation sites (tertiary alicyclic amines) is 1. The lowest BCUT2D eigenvalue weighted by molar-refractivity contribution is -0.156. The maximum atomic E-state index is 12.9.